The molecule has 0 spiro atoms. The fraction of sp³-hybridized carbons (Fsp3) is 0.167. The van der Waals surface area contributed by atoms with Crippen LogP contribution in [0.4, 0.5) is 5.69 Å². The maximum absolute atomic E-state index is 11.7. The summed E-state index contributed by atoms with van der Waals surface area (Å²) in [5.41, 5.74) is 0.976. The Hall–Kier alpha value is -3.35. The first-order chi connectivity index (χ1) is 12.0. The van der Waals surface area contributed by atoms with Crippen molar-refractivity contribution >= 4 is 16.7 Å². The second kappa shape index (κ2) is 6.64. The van der Waals surface area contributed by atoms with Crippen LogP contribution < -0.4 is 20.4 Å². The third-order valence-electron chi connectivity index (χ3n) is 3.80. The van der Waals surface area contributed by atoms with Gasteiger partial charge in [-0.2, -0.15) is 0 Å². The van der Waals surface area contributed by atoms with Crippen molar-refractivity contribution in [1.82, 2.24) is 0 Å². The minimum absolute atomic E-state index is 0.196. The molecule has 2 aromatic carbocycles. The maximum Gasteiger partial charge on any atom is 0.336 e. The van der Waals surface area contributed by atoms with Gasteiger partial charge in [-0.25, -0.2) is 4.79 Å². The lowest BCUT2D eigenvalue weighted by Gasteiger charge is -2.13. The van der Waals surface area contributed by atoms with Crippen LogP contribution in [0.2, 0.25) is 0 Å². The third kappa shape index (κ3) is 3.30. The average molecular weight is 343 g/mol. The molecule has 7 nitrogen and oxygen atoms in total. The van der Waals surface area contributed by atoms with Crippen LogP contribution in [-0.4, -0.2) is 24.4 Å². The standard InChI is InChI=1S/C18H17NO6/c1-23-11-3-4-13(17(6-11)24-2)19-9-10-5-18(22)25-16-8-15(21)14(20)7-12(10)16/h3-8,19-21H,9H2,1-2H3. The number of benzene rings is 2. The number of aromatic hydroxyl groups is 2. The monoisotopic (exact) mass is 343 g/mol. The predicted octanol–water partition coefficient (Wildman–Crippen LogP) is 2.83. The van der Waals surface area contributed by atoms with Gasteiger partial charge in [0.2, 0.25) is 0 Å². The summed E-state index contributed by atoms with van der Waals surface area (Å²) in [6.07, 6.45) is 0. The van der Waals surface area contributed by atoms with E-state index in [-0.39, 0.29) is 23.6 Å². The average Bonchev–Trinajstić information content (AvgIpc) is 2.61. The van der Waals surface area contributed by atoms with Gasteiger partial charge in [0.05, 0.1) is 19.9 Å². The highest BCUT2D eigenvalue weighted by molar-refractivity contribution is 5.84. The minimum Gasteiger partial charge on any atom is -0.504 e. The third-order valence-corrected chi connectivity index (χ3v) is 3.80. The molecular weight excluding hydrogens is 326 g/mol. The lowest BCUT2D eigenvalue weighted by Crippen LogP contribution is -2.06. The zero-order valence-electron chi connectivity index (χ0n) is 13.7. The number of anilines is 1. The van der Waals surface area contributed by atoms with Crippen LogP contribution in [0.1, 0.15) is 5.56 Å². The molecule has 7 heteroatoms. The minimum atomic E-state index is -0.545. The number of rotatable bonds is 5. The lowest BCUT2D eigenvalue weighted by molar-refractivity contribution is 0.395. The molecule has 1 aromatic heterocycles. The lowest BCUT2D eigenvalue weighted by atomic mass is 10.1. The molecule has 3 aromatic rings. The Morgan fingerprint density at radius 3 is 2.52 bits per heavy atom. The van der Waals surface area contributed by atoms with Crippen molar-refractivity contribution in [2.45, 2.75) is 6.54 Å². The van der Waals surface area contributed by atoms with E-state index in [2.05, 4.69) is 5.32 Å². The fourth-order valence-corrected chi connectivity index (χ4v) is 2.53. The first-order valence-electron chi connectivity index (χ1n) is 7.46. The number of phenols is 2. The van der Waals surface area contributed by atoms with Crippen molar-refractivity contribution in [3.05, 3.63) is 52.4 Å². The first-order valence-corrected chi connectivity index (χ1v) is 7.46. The summed E-state index contributed by atoms with van der Waals surface area (Å²) < 4.78 is 15.6. The van der Waals surface area contributed by atoms with Crippen molar-refractivity contribution < 1.29 is 24.1 Å². The van der Waals surface area contributed by atoms with Crippen LogP contribution in [0, 0.1) is 0 Å². The van der Waals surface area contributed by atoms with Gasteiger partial charge in [0, 0.05) is 30.1 Å². The van der Waals surface area contributed by atoms with E-state index in [4.69, 9.17) is 13.9 Å². The van der Waals surface area contributed by atoms with Crippen molar-refractivity contribution in [2.24, 2.45) is 0 Å². The maximum atomic E-state index is 11.7. The first kappa shape index (κ1) is 16.5. The number of hydrogen-bond donors (Lipinski definition) is 3. The molecule has 0 aliphatic carbocycles. The number of phenolic OH excluding ortho intramolecular Hbond substituents is 2. The van der Waals surface area contributed by atoms with Crippen LogP contribution in [0.5, 0.6) is 23.0 Å². The van der Waals surface area contributed by atoms with Crippen molar-refractivity contribution in [1.29, 1.82) is 0 Å². The molecule has 0 radical (unpaired) electrons. The number of ether oxygens (including phenoxy) is 2. The molecular formula is C18H17NO6. The van der Waals surface area contributed by atoms with E-state index in [1.165, 1.54) is 18.2 Å². The van der Waals surface area contributed by atoms with E-state index in [0.29, 0.717) is 28.1 Å². The molecule has 0 saturated heterocycles. The molecule has 0 amide bonds. The topological polar surface area (TPSA) is 101 Å². The highest BCUT2D eigenvalue weighted by Gasteiger charge is 2.11. The van der Waals surface area contributed by atoms with Gasteiger partial charge in [-0.3, -0.25) is 0 Å². The van der Waals surface area contributed by atoms with Gasteiger partial charge in [0.15, 0.2) is 11.5 Å². The Morgan fingerprint density at radius 1 is 1.04 bits per heavy atom. The zero-order valence-corrected chi connectivity index (χ0v) is 13.7. The Bertz CT molecular complexity index is 979. The smallest absolute Gasteiger partial charge is 0.336 e. The molecule has 0 saturated carbocycles. The summed E-state index contributed by atoms with van der Waals surface area (Å²) in [5.74, 6) is 0.614. The van der Waals surface area contributed by atoms with Crippen LogP contribution in [0.15, 0.2) is 45.6 Å². The number of methoxy groups -OCH3 is 2. The van der Waals surface area contributed by atoms with Crippen molar-refractivity contribution in [3.8, 4) is 23.0 Å². The molecule has 0 aliphatic rings. The molecule has 25 heavy (non-hydrogen) atoms. The quantitative estimate of drug-likeness (QED) is 0.484. The van der Waals surface area contributed by atoms with Gasteiger partial charge in [0.1, 0.15) is 17.1 Å². The molecule has 0 bridgehead atoms. The summed E-state index contributed by atoms with van der Waals surface area (Å²) in [4.78, 5) is 11.7. The van der Waals surface area contributed by atoms with Gasteiger partial charge in [-0.15, -0.1) is 0 Å². The van der Waals surface area contributed by atoms with E-state index in [1.807, 2.05) is 0 Å². The van der Waals surface area contributed by atoms with Gasteiger partial charge in [-0.1, -0.05) is 0 Å². The molecule has 130 valence electrons. The molecule has 0 fully saturated rings. The van der Waals surface area contributed by atoms with E-state index < -0.39 is 5.63 Å². The Balaban J connectivity index is 1.96. The van der Waals surface area contributed by atoms with E-state index in [0.717, 1.165) is 0 Å². The van der Waals surface area contributed by atoms with Crippen LogP contribution in [-0.2, 0) is 6.54 Å². The van der Waals surface area contributed by atoms with Gasteiger partial charge in [-0.05, 0) is 23.8 Å². The summed E-state index contributed by atoms with van der Waals surface area (Å²) in [6, 6.07) is 9.23. The van der Waals surface area contributed by atoms with Gasteiger partial charge < -0.3 is 29.4 Å². The molecule has 1 heterocycles. The number of hydrogen-bond acceptors (Lipinski definition) is 7. The van der Waals surface area contributed by atoms with E-state index in [1.54, 1.807) is 32.4 Å². The Kier molecular flexibility index (Phi) is 4.38. The number of nitrogens with one attached hydrogen (secondary N) is 1. The Morgan fingerprint density at radius 2 is 1.80 bits per heavy atom. The predicted molar refractivity (Wildman–Crippen MR) is 92.7 cm³/mol. The number of fused-ring (bicyclic) bond motifs is 1. The van der Waals surface area contributed by atoms with E-state index >= 15 is 0 Å². The largest absolute Gasteiger partial charge is 0.504 e. The van der Waals surface area contributed by atoms with Crippen molar-refractivity contribution in [2.75, 3.05) is 19.5 Å². The molecule has 0 aliphatic heterocycles. The fourth-order valence-electron chi connectivity index (χ4n) is 2.53. The highest BCUT2D eigenvalue weighted by atomic mass is 16.5. The Labute approximate surface area is 143 Å². The molecule has 3 rings (SSSR count). The molecule has 3 N–H and O–H groups in total. The van der Waals surface area contributed by atoms with Crippen molar-refractivity contribution in [3.63, 3.8) is 0 Å². The van der Waals surface area contributed by atoms with E-state index in [9.17, 15) is 15.0 Å². The summed E-state index contributed by atoms with van der Waals surface area (Å²) in [7, 11) is 3.12. The zero-order chi connectivity index (χ0) is 18.0. The molecule has 0 atom stereocenters. The second-order valence-corrected chi connectivity index (χ2v) is 5.35. The van der Waals surface area contributed by atoms with Gasteiger partial charge in [0.25, 0.3) is 0 Å². The van der Waals surface area contributed by atoms with Gasteiger partial charge >= 0.3 is 5.63 Å². The van der Waals surface area contributed by atoms with Crippen LogP contribution >= 0.6 is 0 Å². The summed E-state index contributed by atoms with van der Waals surface area (Å²) >= 11 is 0. The van der Waals surface area contributed by atoms with Crippen LogP contribution in [0.25, 0.3) is 11.0 Å². The summed E-state index contributed by atoms with van der Waals surface area (Å²) in [5, 5.41) is 23.0. The normalized spacial score (nSPS) is 10.6. The second-order valence-electron chi connectivity index (χ2n) is 5.35. The SMILES string of the molecule is COc1ccc(NCc2cc(=O)oc3cc(O)c(O)cc23)c(OC)c1. The summed E-state index contributed by atoms with van der Waals surface area (Å²) in [6.45, 7) is 0.287. The highest BCUT2D eigenvalue weighted by Crippen LogP contribution is 2.33. The van der Waals surface area contributed by atoms with Crippen LogP contribution in [0.3, 0.4) is 0 Å². The molecule has 0 unspecified atom stereocenters.